The molecule has 1 unspecified atom stereocenters. The molecule has 1 aromatic rings. The molecule has 27 heavy (non-hydrogen) atoms. The van der Waals surface area contributed by atoms with Crippen molar-refractivity contribution < 1.29 is 9.90 Å². The number of aryl methyl sites for hydroxylation is 1. The molecular formula is C21H34N4O2. The van der Waals surface area contributed by atoms with E-state index in [1.807, 2.05) is 56.9 Å². The molecule has 2 rings (SSSR count). The minimum absolute atomic E-state index is 0.0525. The van der Waals surface area contributed by atoms with Crippen molar-refractivity contribution in [1.29, 1.82) is 0 Å². The van der Waals surface area contributed by atoms with Crippen molar-refractivity contribution in [2.75, 3.05) is 26.2 Å². The van der Waals surface area contributed by atoms with Crippen LogP contribution in [0.25, 0.3) is 0 Å². The van der Waals surface area contributed by atoms with Crippen molar-refractivity contribution >= 4 is 11.9 Å². The Bertz CT molecular complexity index is 620. The molecule has 1 heterocycles. The van der Waals surface area contributed by atoms with Crippen LogP contribution in [0.4, 0.5) is 0 Å². The van der Waals surface area contributed by atoms with Crippen molar-refractivity contribution in [3.8, 4) is 0 Å². The average molecular weight is 375 g/mol. The smallest absolute Gasteiger partial charge is 0.225 e. The highest BCUT2D eigenvalue weighted by molar-refractivity contribution is 5.80. The first-order chi connectivity index (χ1) is 12.9. The Morgan fingerprint density at radius 2 is 1.89 bits per heavy atom. The number of benzene rings is 1. The van der Waals surface area contributed by atoms with Crippen molar-refractivity contribution in [3.63, 3.8) is 0 Å². The third-order valence-electron chi connectivity index (χ3n) is 4.87. The number of aliphatic hydroxyl groups is 1. The van der Waals surface area contributed by atoms with Crippen LogP contribution in [-0.2, 0) is 4.79 Å². The lowest BCUT2D eigenvalue weighted by Crippen LogP contribution is -2.50. The molecule has 1 amide bonds. The summed E-state index contributed by atoms with van der Waals surface area (Å²) in [6, 6.07) is 8.17. The maximum Gasteiger partial charge on any atom is 0.225 e. The molecule has 0 aliphatic carbocycles. The molecular weight excluding hydrogens is 340 g/mol. The summed E-state index contributed by atoms with van der Waals surface area (Å²) in [5, 5.41) is 17.1. The van der Waals surface area contributed by atoms with Gasteiger partial charge in [-0.05, 0) is 32.3 Å². The van der Waals surface area contributed by atoms with Gasteiger partial charge in [-0.3, -0.25) is 9.79 Å². The number of likely N-dealkylation sites (tertiary alicyclic amines) is 1. The molecule has 0 saturated carbocycles. The largest absolute Gasteiger partial charge is 0.386 e. The maximum absolute atomic E-state index is 12.1. The lowest BCUT2D eigenvalue weighted by atomic mass is 10.0. The molecule has 150 valence electrons. The minimum Gasteiger partial charge on any atom is -0.386 e. The van der Waals surface area contributed by atoms with Crippen molar-refractivity contribution in [1.82, 2.24) is 15.5 Å². The van der Waals surface area contributed by atoms with Crippen LogP contribution in [0.3, 0.4) is 0 Å². The zero-order valence-corrected chi connectivity index (χ0v) is 17.0. The number of rotatable bonds is 6. The summed E-state index contributed by atoms with van der Waals surface area (Å²) in [4.78, 5) is 18.6. The van der Waals surface area contributed by atoms with Crippen molar-refractivity contribution in [2.24, 2.45) is 10.9 Å². The SMILES string of the molecule is CCNC(=NCC(O)c1ccc(C)cc1)NC1CCN(C(=O)C(C)C)CC1. The summed E-state index contributed by atoms with van der Waals surface area (Å²) >= 11 is 0. The maximum atomic E-state index is 12.1. The Balaban J connectivity index is 1.88. The van der Waals surface area contributed by atoms with Gasteiger partial charge >= 0.3 is 0 Å². The number of nitrogens with one attached hydrogen (secondary N) is 2. The van der Waals surface area contributed by atoms with E-state index in [-0.39, 0.29) is 17.9 Å². The van der Waals surface area contributed by atoms with Crippen LogP contribution in [-0.4, -0.2) is 54.1 Å². The van der Waals surface area contributed by atoms with Gasteiger partial charge in [-0.1, -0.05) is 43.7 Å². The number of amides is 1. The molecule has 1 atom stereocenters. The second-order valence-corrected chi connectivity index (χ2v) is 7.54. The first kappa shape index (κ1) is 21.2. The van der Waals surface area contributed by atoms with Gasteiger partial charge in [-0.25, -0.2) is 0 Å². The normalized spacial score (nSPS) is 17.1. The summed E-state index contributed by atoms with van der Waals surface area (Å²) in [5.74, 6) is 1.00. The number of hydrogen-bond acceptors (Lipinski definition) is 3. The molecule has 1 aromatic carbocycles. The second-order valence-electron chi connectivity index (χ2n) is 7.54. The third-order valence-corrected chi connectivity index (χ3v) is 4.87. The fourth-order valence-corrected chi connectivity index (χ4v) is 3.19. The van der Waals surface area contributed by atoms with Crippen LogP contribution in [0.5, 0.6) is 0 Å². The van der Waals surface area contributed by atoms with Crippen LogP contribution >= 0.6 is 0 Å². The minimum atomic E-state index is -0.619. The van der Waals surface area contributed by atoms with E-state index in [1.165, 1.54) is 5.56 Å². The van der Waals surface area contributed by atoms with E-state index in [1.54, 1.807) is 0 Å². The zero-order valence-electron chi connectivity index (χ0n) is 17.0. The average Bonchev–Trinajstić information content (AvgIpc) is 2.66. The fraction of sp³-hybridized carbons (Fsp3) is 0.619. The van der Waals surface area contributed by atoms with Gasteiger partial charge in [-0.2, -0.15) is 0 Å². The molecule has 6 heteroatoms. The summed E-state index contributed by atoms with van der Waals surface area (Å²) in [5.41, 5.74) is 2.05. The summed E-state index contributed by atoms with van der Waals surface area (Å²) in [6.45, 7) is 10.6. The van der Waals surface area contributed by atoms with E-state index < -0.39 is 6.10 Å². The number of aliphatic hydroxyl groups excluding tert-OH is 1. The number of hydrogen-bond donors (Lipinski definition) is 3. The predicted octanol–water partition coefficient (Wildman–Crippen LogP) is 2.23. The van der Waals surface area contributed by atoms with Gasteiger partial charge < -0.3 is 20.6 Å². The molecule has 0 aromatic heterocycles. The highest BCUT2D eigenvalue weighted by Crippen LogP contribution is 2.15. The van der Waals surface area contributed by atoms with Crippen molar-refractivity contribution in [3.05, 3.63) is 35.4 Å². The quantitative estimate of drug-likeness (QED) is 0.527. The molecule has 0 radical (unpaired) electrons. The van der Waals surface area contributed by atoms with Gasteiger partial charge in [0.15, 0.2) is 5.96 Å². The Hall–Kier alpha value is -2.08. The Labute approximate surface area is 163 Å². The Kier molecular flexibility index (Phi) is 8.10. The number of guanidine groups is 1. The van der Waals surface area contributed by atoms with Gasteiger partial charge in [0.1, 0.15) is 0 Å². The van der Waals surface area contributed by atoms with E-state index in [4.69, 9.17) is 0 Å². The Morgan fingerprint density at radius 3 is 2.44 bits per heavy atom. The summed E-state index contributed by atoms with van der Waals surface area (Å²) < 4.78 is 0. The fourth-order valence-electron chi connectivity index (χ4n) is 3.19. The molecule has 0 spiro atoms. The molecule has 1 fully saturated rings. The van der Waals surface area contributed by atoms with Gasteiger partial charge in [0.2, 0.25) is 5.91 Å². The monoisotopic (exact) mass is 374 g/mol. The molecule has 0 bridgehead atoms. The van der Waals surface area contributed by atoms with E-state index in [0.717, 1.165) is 44.0 Å². The molecule has 1 saturated heterocycles. The first-order valence-corrected chi connectivity index (χ1v) is 9.99. The number of nitrogens with zero attached hydrogens (tertiary/aromatic N) is 2. The second kappa shape index (κ2) is 10.3. The van der Waals surface area contributed by atoms with Crippen LogP contribution in [0.1, 0.15) is 50.8 Å². The third kappa shape index (κ3) is 6.54. The lowest BCUT2D eigenvalue weighted by Gasteiger charge is -2.34. The Morgan fingerprint density at radius 1 is 1.26 bits per heavy atom. The van der Waals surface area contributed by atoms with E-state index in [9.17, 15) is 9.90 Å². The summed E-state index contributed by atoms with van der Waals surface area (Å²) in [6.07, 6.45) is 1.19. The van der Waals surface area contributed by atoms with E-state index in [2.05, 4.69) is 15.6 Å². The predicted molar refractivity (Wildman–Crippen MR) is 110 cm³/mol. The van der Waals surface area contributed by atoms with Crippen LogP contribution in [0, 0.1) is 12.8 Å². The van der Waals surface area contributed by atoms with Crippen LogP contribution < -0.4 is 10.6 Å². The molecule has 1 aliphatic heterocycles. The molecule has 6 nitrogen and oxygen atoms in total. The number of piperidine rings is 1. The van der Waals surface area contributed by atoms with Gasteiger partial charge in [0, 0.05) is 31.6 Å². The van der Waals surface area contributed by atoms with E-state index >= 15 is 0 Å². The lowest BCUT2D eigenvalue weighted by molar-refractivity contribution is -0.135. The number of aliphatic imine (C=N–C) groups is 1. The zero-order chi connectivity index (χ0) is 19.8. The standard InChI is InChI=1S/C21H34N4O2/c1-5-22-21(23-14-19(26)17-8-6-16(4)7-9-17)24-18-10-12-25(13-11-18)20(27)15(2)3/h6-9,15,18-19,26H,5,10-14H2,1-4H3,(H2,22,23,24). The molecule has 1 aliphatic rings. The van der Waals surface area contributed by atoms with Gasteiger partial charge in [0.25, 0.3) is 0 Å². The summed E-state index contributed by atoms with van der Waals surface area (Å²) in [7, 11) is 0. The topological polar surface area (TPSA) is 77.0 Å². The first-order valence-electron chi connectivity index (χ1n) is 9.99. The van der Waals surface area contributed by atoms with Crippen LogP contribution in [0.15, 0.2) is 29.3 Å². The van der Waals surface area contributed by atoms with Gasteiger partial charge in [0.05, 0.1) is 12.6 Å². The molecule has 3 N–H and O–H groups in total. The highest BCUT2D eigenvalue weighted by atomic mass is 16.3. The van der Waals surface area contributed by atoms with Crippen molar-refractivity contribution in [2.45, 2.75) is 52.7 Å². The number of carbonyl (C=O) groups is 1. The number of carbonyl (C=O) groups excluding carboxylic acids is 1. The van der Waals surface area contributed by atoms with Crippen LogP contribution in [0.2, 0.25) is 0 Å². The highest BCUT2D eigenvalue weighted by Gasteiger charge is 2.24. The van der Waals surface area contributed by atoms with Gasteiger partial charge in [-0.15, -0.1) is 0 Å². The van der Waals surface area contributed by atoms with E-state index in [0.29, 0.717) is 6.54 Å².